The topological polar surface area (TPSA) is 56.8 Å². The molecule has 2 aromatic carbocycles. The van der Waals surface area contributed by atoms with Crippen molar-refractivity contribution < 1.29 is 40.0 Å². The van der Waals surface area contributed by atoms with Gasteiger partial charge in [-0.3, -0.25) is 0 Å². The van der Waals surface area contributed by atoms with Gasteiger partial charge in [0, 0.05) is 36.8 Å². The Morgan fingerprint density at radius 1 is 1.06 bits per heavy atom. The minimum Gasteiger partial charge on any atom is -0.404 e. The number of hydrogen-bond donors (Lipinski definition) is 2. The molecule has 2 fully saturated rings. The maximum atomic E-state index is 14.8. The van der Waals surface area contributed by atoms with Crippen LogP contribution in [-0.2, 0) is 11.0 Å². The number of ether oxygens (including phenoxy) is 1. The Hall–Kier alpha value is -2.98. The van der Waals surface area contributed by atoms with Gasteiger partial charge in [0.05, 0.1) is 40.0 Å². The lowest BCUT2D eigenvalue weighted by atomic mass is 10.0. The van der Waals surface area contributed by atoms with Gasteiger partial charge in [0.2, 0.25) is 0 Å². The first kappa shape index (κ1) is 36.3. The quantitative estimate of drug-likeness (QED) is 0.143. The molecule has 6 nitrogen and oxygen atoms in total. The van der Waals surface area contributed by atoms with Gasteiger partial charge >= 0.3 is 12.5 Å². The van der Waals surface area contributed by atoms with Gasteiger partial charge in [-0.05, 0) is 75.6 Å². The van der Waals surface area contributed by atoms with Crippen molar-refractivity contribution in [1.29, 1.82) is 0 Å². The highest BCUT2D eigenvalue weighted by Gasteiger charge is 2.36. The predicted octanol–water partition coefficient (Wildman–Crippen LogP) is 7.53. The van der Waals surface area contributed by atoms with Crippen LogP contribution < -0.4 is 20.7 Å². The standard InChI is InChI=1S/C33H38F7N4O2PS/c1-43(2)21-12-16-47(45,17-13-21)22-9-10-27(29(18-22)46-33(38,39)40)41-14-5-8-30-24(19-32(35,36)37)23-6-4-7-28(31(23)48-30)42-26-11-15-44(3)20-25(26)34/h4,6-7,9-10,18,21,25-26,41-42H,11-17,19-20H2,1-3H3/t21?,25-,26-,47?/m1/s1. The van der Waals surface area contributed by atoms with E-state index in [0.29, 0.717) is 59.2 Å². The summed E-state index contributed by atoms with van der Waals surface area (Å²) in [5.41, 5.74) is 0.461. The molecule has 2 atom stereocenters. The number of alkyl halides is 7. The zero-order valence-electron chi connectivity index (χ0n) is 26.8. The number of halogens is 7. The second kappa shape index (κ2) is 14.5. The Morgan fingerprint density at radius 2 is 1.79 bits per heavy atom. The van der Waals surface area contributed by atoms with Gasteiger partial charge < -0.3 is 29.7 Å². The van der Waals surface area contributed by atoms with Crippen LogP contribution in [0.25, 0.3) is 10.1 Å². The Kier molecular flexibility index (Phi) is 10.9. The first-order valence-electron chi connectivity index (χ1n) is 15.6. The van der Waals surface area contributed by atoms with Crippen molar-refractivity contribution >= 4 is 45.2 Å². The largest absolute Gasteiger partial charge is 0.573 e. The molecular formula is C33H38F7N4O2PS. The monoisotopic (exact) mass is 718 g/mol. The molecule has 3 aromatic rings. The molecular weight excluding hydrogens is 680 g/mol. The summed E-state index contributed by atoms with van der Waals surface area (Å²) in [6.07, 6.45) is -9.32. The van der Waals surface area contributed by atoms with Gasteiger partial charge in [-0.1, -0.05) is 24.0 Å². The molecule has 48 heavy (non-hydrogen) atoms. The fourth-order valence-electron chi connectivity index (χ4n) is 6.31. The van der Waals surface area contributed by atoms with E-state index in [1.165, 1.54) is 12.1 Å². The van der Waals surface area contributed by atoms with Crippen LogP contribution in [-0.4, -0.2) is 93.7 Å². The van der Waals surface area contributed by atoms with Gasteiger partial charge in [-0.25, -0.2) is 4.39 Å². The number of fused-ring (bicyclic) bond motifs is 1. The predicted molar refractivity (Wildman–Crippen MR) is 178 cm³/mol. The summed E-state index contributed by atoms with van der Waals surface area (Å²) in [4.78, 5) is 4.09. The first-order valence-corrected chi connectivity index (χ1v) is 18.5. The highest BCUT2D eigenvalue weighted by atomic mass is 32.1. The maximum absolute atomic E-state index is 14.8. The van der Waals surface area contributed by atoms with E-state index in [0.717, 1.165) is 17.4 Å². The van der Waals surface area contributed by atoms with Gasteiger partial charge in [-0.15, -0.1) is 24.5 Å². The number of likely N-dealkylation sites (tertiary alicyclic amines) is 1. The minimum atomic E-state index is -5.01. The number of anilines is 2. The van der Waals surface area contributed by atoms with Crippen LogP contribution in [0.5, 0.6) is 5.75 Å². The van der Waals surface area contributed by atoms with Crippen LogP contribution in [0.1, 0.15) is 29.7 Å². The van der Waals surface area contributed by atoms with Crippen molar-refractivity contribution in [3.05, 3.63) is 46.8 Å². The molecule has 0 amide bonds. The fraction of sp³-hybridized carbons (Fsp3) is 0.515. The summed E-state index contributed by atoms with van der Waals surface area (Å²) in [6.45, 7) is 0.715. The third kappa shape index (κ3) is 8.97. The molecule has 5 rings (SSSR count). The summed E-state index contributed by atoms with van der Waals surface area (Å²) >= 11 is 1.05. The Balaban J connectivity index is 1.38. The molecule has 15 heteroatoms. The number of benzene rings is 2. The van der Waals surface area contributed by atoms with E-state index in [2.05, 4.69) is 27.2 Å². The number of nitrogens with one attached hydrogen (secondary N) is 2. The Morgan fingerprint density at radius 3 is 2.44 bits per heavy atom. The zero-order valence-corrected chi connectivity index (χ0v) is 28.5. The molecule has 262 valence electrons. The highest BCUT2D eigenvalue weighted by molar-refractivity contribution is 7.71. The molecule has 0 aliphatic carbocycles. The lowest BCUT2D eigenvalue weighted by Gasteiger charge is -2.33. The average molecular weight is 719 g/mol. The second-order valence-electron chi connectivity index (χ2n) is 12.6. The van der Waals surface area contributed by atoms with Crippen molar-refractivity contribution in [2.75, 3.05) is 63.7 Å². The van der Waals surface area contributed by atoms with Gasteiger partial charge in [0.1, 0.15) is 13.3 Å². The van der Waals surface area contributed by atoms with Crippen LogP contribution in [0.15, 0.2) is 36.4 Å². The lowest BCUT2D eigenvalue weighted by molar-refractivity contribution is -0.274. The number of nitrogens with zero attached hydrogens (tertiary/aromatic N) is 2. The van der Waals surface area contributed by atoms with Gasteiger partial charge in [-0.2, -0.15) is 13.2 Å². The van der Waals surface area contributed by atoms with Crippen LogP contribution in [0.3, 0.4) is 0 Å². The van der Waals surface area contributed by atoms with Crippen molar-refractivity contribution in [2.24, 2.45) is 0 Å². The molecule has 2 aliphatic heterocycles. The molecule has 0 spiro atoms. The molecule has 0 radical (unpaired) electrons. The molecule has 2 aliphatic rings. The average Bonchev–Trinajstić information content (AvgIpc) is 3.33. The maximum Gasteiger partial charge on any atom is 0.573 e. The second-order valence-corrected chi connectivity index (χ2v) is 16.8. The van der Waals surface area contributed by atoms with Crippen molar-refractivity contribution in [2.45, 2.75) is 56.5 Å². The van der Waals surface area contributed by atoms with Crippen LogP contribution in [0, 0.1) is 11.8 Å². The number of hydrogen-bond acceptors (Lipinski definition) is 7. The third-order valence-electron chi connectivity index (χ3n) is 8.89. The summed E-state index contributed by atoms with van der Waals surface area (Å²) in [5, 5.41) is 6.63. The molecule has 0 saturated carbocycles. The Labute approximate surface area is 279 Å². The molecule has 0 bridgehead atoms. The van der Waals surface area contributed by atoms with E-state index in [1.807, 2.05) is 30.9 Å². The summed E-state index contributed by atoms with van der Waals surface area (Å²) in [5.74, 6) is 4.96. The van der Waals surface area contributed by atoms with Crippen molar-refractivity contribution in [3.63, 3.8) is 0 Å². The molecule has 1 aromatic heterocycles. The van der Waals surface area contributed by atoms with Crippen LogP contribution >= 0.6 is 18.5 Å². The Bertz CT molecular complexity index is 1700. The number of rotatable bonds is 8. The zero-order chi connectivity index (χ0) is 34.9. The van der Waals surface area contributed by atoms with E-state index >= 15 is 0 Å². The molecule has 2 saturated heterocycles. The molecule has 2 N–H and O–H groups in total. The normalized spacial score (nSPS) is 23.9. The van der Waals surface area contributed by atoms with E-state index in [9.17, 15) is 35.3 Å². The van der Waals surface area contributed by atoms with Crippen molar-refractivity contribution in [1.82, 2.24) is 9.80 Å². The SMILES string of the molecule is CN1CC[C@@H](Nc2cccc3c(CC(F)(F)F)c(C#CCNc4ccc(P5(=O)CCC(N(C)C)CC5)cc4OC(F)(F)F)sc23)[C@H](F)C1. The van der Waals surface area contributed by atoms with Gasteiger partial charge in [0.15, 0.2) is 5.75 Å². The number of thiophene rings is 1. The van der Waals surface area contributed by atoms with E-state index in [-0.39, 0.29) is 35.3 Å². The van der Waals surface area contributed by atoms with Gasteiger partial charge in [0.25, 0.3) is 0 Å². The lowest BCUT2D eigenvalue weighted by Crippen LogP contribution is -2.46. The van der Waals surface area contributed by atoms with E-state index in [1.54, 1.807) is 18.2 Å². The molecule has 3 heterocycles. The fourth-order valence-corrected chi connectivity index (χ4v) is 10.3. The highest BCUT2D eigenvalue weighted by Crippen LogP contribution is 2.51. The summed E-state index contributed by atoms with van der Waals surface area (Å²) in [6, 6.07) is 8.70. The van der Waals surface area contributed by atoms with E-state index < -0.39 is 44.1 Å². The van der Waals surface area contributed by atoms with Crippen LogP contribution in [0.4, 0.5) is 42.1 Å². The minimum absolute atomic E-state index is 0.0158. The first-order chi connectivity index (χ1) is 22.5. The van der Waals surface area contributed by atoms with Crippen LogP contribution in [0.2, 0.25) is 0 Å². The smallest absolute Gasteiger partial charge is 0.404 e. The van der Waals surface area contributed by atoms with E-state index in [4.69, 9.17) is 0 Å². The summed E-state index contributed by atoms with van der Waals surface area (Å²) < 4.78 is 114. The van der Waals surface area contributed by atoms with Crippen molar-refractivity contribution in [3.8, 4) is 17.6 Å². The third-order valence-corrected chi connectivity index (χ3v) is 13.3. The number of piperidine rings is 1. The summed E-state index contributed by atoms with van der Waals surface area (Å²) in [7, 11) is 2.76. The molecule has 0 unspecified atom stereocenters.